The maximum Gasteiger partial charge on any atom is 0.248 e. The number of hydrogen-bond donors (Lipinski definition) is 1. The molecule has 1 aromatic carbocycles. The smallest absolute Gasteiger partial charge is 0.248 e. The zero-order chi connectivity index (χ0) is 14.8. The van der Waals surface area contributed by atoms with Crippen LogP contribution in [0.5, 0.6) is 0 Å². The molecule has 0 aromatic heterocycles. The molecule has 1 aliphatic carbocycles. The standard InChI is InChI=1S/C14H15BrF3NO/c15-11-1-2-12(16)10(7-11)8-19-13(20)9-3-5-14(17,18)6-4-9/h1-2,7,9H,3-6,8H2,(H,19,20). The number of rotatable bonds is 3. The third-order valence-corrected chi connectivity index (χ3v) is 4.04. The van der Waals surface area contributed by atoms with Crippen LogP contribution in [0.3, 0.4) is 0 Å². The Kier molecular flexibility index (Phi) is 4.73. The molecular weight excluding hydrogens is 335 g/mol. The van der Waals surface area contributed by atoms with Gasteiger partial charge in [0, 0.05) is 35.3 Å². The van der Waals surface area contributed by atoms with Gasteiger partial charge in [0.05, 0.1) is 0 Å². The normalized spacial score (nSPS) is 18.8. The summed E-state index contributed by atoms with van der Waals surface area (Å²) in [5.74, 6) is -3.72. The summed E-state index contributed by atoms with van der Waals surface area (Å²) in [6, 6.07) is 4.47. The second-order valence-corrected chi connectivity index (χ2v) is 6.00. The van der Waals surface area contributed by atoms with Gasteiger partial charge in [-0.2, -0.15) is 0 Å². The van der Waals surface area contributed by atoms with Crippen molar-refractivity contribution in [3.63, 3.8) is 0 Å². The molecule has 20 heavy (non-hydrogen) atoms. The van der Waals surface area contributed by atoms with Gasteiger partial charge in [-0.05, 0) is 31.0 Å². The number of alkyl halides is 2. The Labute approximate surface area is 123 Å². The van der Waals surface area contributed by atoms with Crippen LogP contribution in [0.1, 0.15) is 31.2 Å². The zero-order valence-electron chi connectivity index (χ0n) is 10.8. The molecule has 0 atom stereocenters. The lowest BCUT2D eigenvalue weighted by Crippen LogP contribution is -2.35. The summed E-state index contributed by atoms with van der Waals surface area (Å²) in [6.45, 7) is 0.0665. The highest BCUT2D eigenvalue weighted by atomic mass is 79.9. The minimum Gasteiger partial charge on any atom is -0.352 e. The maximum atomic E-state index is 13.5. The highest BCUT2D eigenvalue weighted by Crippen LogP contribution is 2.36. The van der Waals surface area contributed by atoms with Crippen molar-refractivity contribution in [2.75, 3.05) is 0 Å². The number of hydrogen-bond acceptors (Lipinski definition) is 1. The Balaban J connectivity index is 1.88. The predicted molar refractivity (Wildman–Crippen MR) is 72.9 cm³/mol. The topological polar surface area (TPSA) is 29.1 Å². The fourth-order valence-electron chi connectivity index (χ4n) is 2.31. The first kappa shape index (κ1) is 15.4. The van der Waals surface area contributed by atoms with Crippen molar-refractivity contribution in [2.24, 2.45) is 5.92 Å². The Hall–Kier alpha value is -1.04. The molecule has 1 saturated carbocycles. The lowest BCUT2D eigenvalue weighted by atomic mass is 9.86. The van der Waals surface area contributed by atoms with Crippen LogP contribution in [0.15, 0.2) is 22.7 Å². The van der Waals surface area contributed by atoms with Crippen LogP contribution in [-0.2, 0) is 11.3 Å². The van der Waals surface area contributed by atoms with Crippen molar-refractivity contribution in [3.05, 3.63) is 34.1 Å². The van der Waals surface area contributed by atoms with Gasteiger partial charge in [0.2, 0.25) is 11.8 Å². The first-order valence-corrected chi connectivity index (χ1v) is 7.26. The molecule has 1 aliphatic rings. The quantitative estimate of drug-likeness (QED) is 0.876. The SMILES string of the molecule is O=C(NCc1cc(Br)ccc1F)C1CCC(F)(F)CC1. The van der Waals surface area contributed by atoms with Crippen LogP contribution in [0, 0.1) is 11.7 Å². The summed E-state index contributed by atoms with van der Waals surface area (Å²) in [5.41, 5.74) is 0.369. The Morgan fingerprint density at radius 2 is 2.00 bits per heavy atom. The van der Waals surface area contributed by atoms with Crippen LogP contribution in [-0.4, -0.2) is 11.8 Å². The highest BCUT2D eigenvalue weighted by Gasteiger charge is 2.37. The lowest BCUT2D eigenvalue weighted by Gasteiger charge is -2.27. The van der Waals surface area contributed by atoms with Crippen LogP contribution >= 0.6 is 15.9 Å². The van der Waals surface area contributed by atoms with Crippen molar-refractivity contribution in [1.82, 2.24) is 5.32 Å². The summed E-state index contributed by atoms with van der Waals surface area (Å²) >= 11 is 3.23. The van der Waals surface area contributed by atoms with Crippen molar-refractivity contribution >= 4 is 21.8 Å². The van der Waals surface area contributed by atoms with Crippen LogP contribution in [0.2, 0.25) is 0 Å². The average Bonchev–Trinajstić information content (AvgIpc) is 2.39. The summed E-state index contributed by atoms with van der Waals surface area (Å²) < 4.78 is 40.2. The van der Waals surface area contributed by atoms with Gasteiger partial charge in [-0.3, -0.25) is 4.79 Å². The fraction of sp³-hybridized carbons (Fsp3) is 0.500. The third-order valence-electron chi connectivity index (χ3n) is 3.55. The lowest BCUT2D eigenvalue weighted by molar-refractivity contribution is -0.129. The molecule has 6 heteroatoms. The van der Waals surface area contributed by atoms with Gasteiger partial charge in [0.15, 0.2) is 0 Å². The molecule has 1 fully saturated rings. The van der Waals surface area contributed by atoms with Gasteiger partial charge in [0.25, 0.3) is 0 Å². The molecule has 1 N–H and O–H groups in total. The van der Waals surface area contributed by atoms with Crippen LogP contribution < -0.4 is 5.32 Å². The minimum absolute atomic E-state index is 0.0665. The van der Waals surface area contributed by atoms with E-state index in [-0.39, 0.29) is 38.1 Å². The Morgan fingerprint density at radius 3 is 2.65 bits per heavy atom. The monoisotopic (exact) mass is 349 g/mol. The molecular formula is C14H15BrF3NO. The van der Waals surface area contributed by atoms with E-state index in [9.17, 15) is 18.0 Å². The van der Waals surface area contributed by atoms with E-state index in [1.54, 1.807) is 12.1 Å². The number of carbonyl (C=O) groups is 1. The zero-order valence-corrected chi connectivity index (χ0v) is 12.4. The van der Waals surface area contributed by atoms with Crippen molar-refractivity contribution in [2.45, 2.75) is 38.2 Å². The number of carbonyl (C=O) groups excluding carboxylic acids is 1. The molecule has 0 unspecified atom stereocenters. The number of nitrogens with one attached hydrogen (secondary N) is 1. The molecule has 1 amide bonds. The average molecular weight is 350 g/mol. The summed E-state index contributed by atoms with van der Waals surface area (Å²) in [4.78, 5) is 11.9. The molecule has 2 nitrogen and oxygen atoms in total. The van der Waals surface area contributed by atoms with E-state index in [0.29, 0.717) is 5.56 Å². The van der Waals surface area contributed by atoms with E-state index in [1.165, 1.54) is 6.07 Å². The predicted octanol–water partition coefficient (Wildman–Crippen LogP) is 4.03. The minimum atomic E-state index is -2.65. The molecule has 0 aliphatic heterocycles. The van der Waals surface area contributed by atoms with E-state index < -0.39 is 17.7 Å². The van der Waals surface area contributed by atoms with E-state index in [0.717, 1.165) is 4.47 Å². The maximum absolute atomic E-state index is 13.5. The second-order valence-electron chi connectivity index (χ2n) is 5.08. The van der Waals surface area contributed by atoms with E-state index in [1.807, 2.05) is 0 Å². The number of amides is 1. The largest absolute Gasteiger partial charge is 0.352 e. The highest BCUT2D eigenvalue weighted by molar-refractivity contribution is 9.10. The van der Waals surface area contributed by atoms with Gasteiger partial charge < -0.3 is 5.32 Å². The van der Waals surface area contributed by atoms with Gasteiger partial charge >= 0.3 is 0 Å². The van der Waals surface area contributed by atoms with E-state index in [2.05, 4.69) is 21.2 Å². The van der Waals surface area contributed by atoms with Gasteiger partial charge in [0.1, 0.15) is 5.82 Å². The van der Waals surface area contributed by atoms with Crippen LogP contribution in [0.25, 0.3) is 0 Å². The molecule has 0 radical (unpaired) electrons. The Morgan fingerprint density at radius 1 is 1.35 bits per heavy atom. The summed E-state index contributed by atoms with van der Waals surface area (Å²) in [5, 5.41) is 2.62. The van der Waals surface area contributed by atoms with Crippen molar-refractivity contribution in [3.8, 4) is 0 Å². The molecule has 1 aromatic rings. The second kappa shape index (κ2) is 6.16. The summed E-state index contributed by atoms with van der Waals surface area (Å²) in [7, 11) is 0. The van der Waals surface area contributed by atoms with Crippen LogP contribution in [0.4, 0.5) is 13.2 Å². The van der Waals surface area contributed by atoms with Crippen molar-refractivity contribution in [1.29, 1.82) is 0 Å². The molecule has 0 saturated heterocycles. The molecule has 2 rings (SSSR count). The van der Waals surface area contributed by atoms with E-state index >= 15 is 0 Å². The summed E-state index contributed by atoms with van der Waals surface area (Å²) in [6.07, 6.45) is -0.147. The molecule has 110 valence electrons. The van der Waals surface area contributed by atoms with Gasteiger partial charge in [-0.1, -0.05) is 15.9 Å². The first-order valence-electron chi connectivity index (χ1n) is 6.47. The van der Waals surface area contributed by atoms with Gasteiger partial charge in [-0.25, -0.2) is 13.2 Å². The van der Waals surface area contributed by atoms with Crippen molar-refractivity contribution < 1.29 is 18.0 Å². The fourth-order valence-corrected chi connectivity index (χ4v) is 2.72. The molecule has 0 bridgehead atoms. The number of halogens is 4. The number of benzene rings is 1. The third kappa shape index (κ3) is 3.98. The molecule has 0 spiro atoms. The first-order chi connectivity index (χ1) is 9.37. The van der Waals surface area contributed by atoms with E-state index in [4.69, 9.17) is 0 Å². The van der Waals surface area contributed by atoms with Gasteiger partial charge in [-0.15, -0.1) is 0 Å². The Bertz CT molecular complexity index is 497. The molecule has 0 heterocycles.